The Labute approximate surface area is 136 Å². The van der Waals surface area contributed by atoms with E-state index in [2.05, 4.69) is 10.6 Å². The predicted octanol–water partition coefficient (Wildman–Crippen LogP) is 3.51. The van der Waals surface area contributed by atoms with E-state index in [4.69, 9.17) is 0 Å². The fourth-order valence-corrected chi connectivity index (χ4v) is 2.07. The van der Waals surface area contributed by atoms with Gasteiger partial charge in [0.15, 0.2) is 0 Å². The molecule has 0 spiro atoms. The van der Waals surface area contributed by atoms with Gasteiger partial charge in [-0.05, 0) is 30.7 Å². The lowest BCUT2D eigenvalue weighted by molar-refractivity contribution is -0.393. The standard InChI is InChI=1S/C15H14N4O5/c1-9-3-4-11(7-14(9)16-10(2)20)17-13-6-5-12(18(21)22)8-15(13)19(23)24/h3-8,17H,1-2H3,(H,16,20). The summed E-state index contributed by atoms with van der Waals surface area (Å²) in [7, 11) is 0. The second-order valence-electron chi connectivity index (χ2n) is 5.05. The summed E-state index contributed by atoms with van der Waals surface area (Å²) in [6.45, 7) is 3.18. The molecule has 0 unspecified atom stereocenters. The number of hydrogen-bond acceptors (Lipinski definition) is 6. The molecule has 0 fully saturated rings. The predicted molar refractivity (Wildman–Crippen MR) is 88.5 cm³/mol. The van der Waals surface area contributed by atoms with Crippen LogP contribution in [-0.2, 0) is 4.79 Å². The van der Waals surface area contributed by atoms with Gasteiger partial charge in [-0.3, -0.25) is 25.0 Å². The number of nitro benzene ring substituents is 2. The minimum Gasteiger partial charge on any atom is -0.350 e. The van der Waals surface area contributed by atoms with Crippen molar-refractivity contribution in [2.45, 2.75) is 13.8 Å². The maximum atomic E-state index is 11.2. The third-order valence-electron chi connectivity index (χ3n) is 3.22. The van der Waals surface area contributed by atoms with Gasteiger partial charge < -0.3 is 10.6 Å². The average molecular weight is 330 g/mol. The maximum Gasteiger partial charge on any atom is 0.299 e. The zero-order chi connectivity index (χ0) is 17.9. The monoisotopic (exact) mass is 330 g/mol. The highest BCUT2D eigenvalue weighted by Gasteiger charge is 2.19. The molecular formula is C15H14N4O5. The van der Waals surface area contributed by atoms with E-state index in [-0.39, 0.29) is 17.3 Å². The van der Waals surface area contributed by atoms with E-state index in [1.54, 1.807) is 18.2 Å². The molecule has 24 heavy (non-hydrogen) atoms. The van der Waals surface area contributed by atoms with Gasteiger partial charge in [-0.2, -0.15) is 0 Å². The molecule has 2 N–H and O–H groups in total. The molecule has 0 saturated heterocycles. The highest BCUT2D eigenvalue weighted by molar-refractivity contribution is 5.90. The Morgan fingerprint density at radius 2 is 1.71 bits per heavy atom. The van der Waals surface area contributed by atoms with Crippen LogP contribution in [0.1, 0.15) is 12.5 Å². The number of non-ortho nitro benzene ring substituents is 1. The molecule has 0 atom stereocenters. The lowest BCUT2D eigenvalue weighted by atomic mass is 10.1. The summed E-state index contributed by atoms with van der Waals surface area (Å²) >= 11 is 0. The van der Waals surface area contributed by atoms with Gasteiger partial charge in [0.25, 0.3) is 11.4 Å². The number of hydrogen-bond donors (Lipinski definition) is 2. The minimum absolute atomic E-state index is 0.114. The molecule has 9 heteroatoms. The summed E-state index contributed by atoms with van der Waals surface area (Å²) < 4.78 is 0. The SMILES string of the molecule is CC(=O)Nc1cc(Nc2ccc([N+](=O)[O-])cc2[N+](=O)[O-])ccc1C. The van der Waals surface area contributed by atoms with E-state index in [0.717, 1.165) is 11.6 Å². The number of rotatable bonds is 5. The first kappa shape index (κ1) is 16.9. The number of anilines is 3. The minimum atomic E-state index is -0.697. The Hall–Kier alpha value is -3.49. The summed E-state index contributed by atoms with van der Waals surface area (Å²) in [5, 5.41) is 27.4. The third kappa shape index (κ3) is 3.83. The Balaban J connectivity index is 2.39. The Morgan fingerprint density at radius 1 is 1.00 bits per heavy atom. The molecule has 9 nitrogen and oxygen atoms in total. The molecule has 0 saturated carbocycles. The summed E-state index contributed by atoms with van der Waals surface area (Å²) in [5.74, 6) is -0.239. The zero-order valence-corrected chi connectivity index (χ0v) is 12.9. The Morgan fingerprint density at radius 3 is 2.29 bits per heavy atom. The van der Waals surface area contributed by atoms with Crippen molar-refractivity contribution in [3.05, 3.63) is 62.2 Å². The van der Waals surface area contributed by atoms with Crippen LogP contribution in [0.15, 0.2) is 36.4 Å². The number of carbonyl (C=O) groups excluding carboxylic acids is 1. The molecule has 124 valence electrons. The molecule has 0 aromatic heterocycles. The van der Waals surface area contributed by atoms with Crippen molar-refractivity contribution in [2.24, 2.45) is 0 Å². The van der Waals surface area contributed by atoms with Crippen LogP contribution in [0.2, 0.25) is 0 Å². The zero-order valence-electron chi connectivity index (χ0n) is 12.9. The van der Waals surface area contributed by atoms with Crippen LogP contribution < -0.4 is 10.6 Å². The van der Waals surface area contributed by atoms with E-state index >= 15 is 0 Å². The number of nitrogens with one attached hydrogen (secondary N) is 2. The molecule has 0 aliphatic rings. The summed E-state index contributed by atoms with van der Waals surface area (Å²) in [5.41, 5.74) is 1.23. The van der Waals surface area contributed by atoms with Gasteiger partial charge >= 0.3 is 0 Å². The quantitative estimate of drug-likeness (QED) is 0.637. The van der Waals surface area contributed by atoms with Crippen LogP contribution in [-0.4, -0.2) is 15.8 Å². The first-order valence-corrected chi connectivity index (χ1v) is 6.86. The van der Waals surface area contributed by atoms with Crippen molar-refractivity contribution in [1.82, 2.24) is 0 Å². The molecule has 0 aliphatic carbocycles. The van der Waals surface area contributed by atoms with Crippen molar-refractivity contribution < 1.29 is 14.6 Å². The Kier molecular flexibility index (Phi) is 4.73. The van der Waals surface area contributed by atoms with Crippen LogP contribution in [0.4, 0.5) is 28.4 Å². The van der Waals surface area contributed by atoms with Gasteiger partial charge in [0.05, 0.1) is 15.9 Å². The van der Waals surface area contributed by atoms with Crippen molar-refractivity contribution >= 4 is 34.3 Å². The summed E-state index contributed by atoms with van der Waals surface area (Å²) in [6.07, 6.45) is 0. The lowest BCUT2D eigenvalue weighted by Gasteiger charge is -2.11. The van der Waals surface area contributed by atoms with Crippen molar-refractivity contribution in [2.75, 3.05) is 10.6 Å². The number of nitro groups is 2. The van der Waals surface area contributed by atoms with Gasteiger partial charge in [0.2, 0.25) is 5.91 Å². The van der Waals surface area contributed by atoms with Gasteiger partial charge in [-0.25, -0.2) is 0 Å². The number of nitrogens with zero attached hydrogens (tertiary/aromatic N) is 2. The van der Waals surface area contributed by atoms with E-state index in [1.165, 1.54) is 19.1 Å². The highest BCUT2D eigenvalue weighted by Crippen LogP contribution is 2.32. The Bertz CT molecular complexity index is 835. The van der Waals surface area contributed by atoms with Crippen molar-refractivity contribution in [3.63, 3.8) is 0 Å². The van der Waals surface area contributed by atoms with Crippen LogP contribution in [0.3, 0.4) is 0 Å². The molecule has 1 amide bonds. The molecular weight excluding hydrogens is 316 g/mol. The van der Waals surface area contributed by atoms with Crippen molar-refractivity contribution in [1.29, 1.82) is 0 Å². The third-order valence-corrected chi connectivity index (χ3v) is 3.22. The second kappa shape index (κ2) is 6.73. The van der Waals surface area contributed by atoms with E-state index in [1.807, 2.05) is 6.92 Å². The van der Waals surface area contributed by atoms with Crippen LogP contribution in [0.5, 0.6) is 0 Å². The van der Waals surface area contributed by atoms with Crippen molar-refractivity contribution in [3.8, 4) is 0 Å². The molecule has 2 rings (SSSR count). The average Bonchev–Trinajstić information content (AvgIpc) is 2.50. The number of aryl methyl sites for hydroxylation is 1. The first-order valence-electron chi connectivity index (χ1n) is 6.86. The van der Waals surface area contributed by atoms with Gasteiger partial charge in [0, 0.05) is 24.4 Å². The molecule has 0 heterocycles. The number of benzene rings is 2. The number of amides is 1. The molecule has 0 aliphatic heterocycles. The highest BCUT2D eigenvalue weighted by atomic mass is 16.6. The molecule has 2 aromatic rings. The second-order valence-corrected chi connectivity index (χ2v) is 5.05. The van der Waals surface area contributed by atoms with Crippen LogP contribution in [0, 0.1) is 27.2 Å². The number of carbonyl (C=O) groups is 1. The fraction of sp³-hybridized carbons (Fsp3) is 0.133. The topological polar surface area (TPSA) is 127 Å². The van der Waals surface area contributed by atoms with Crippen LogP contribution in [0.25, 0.3) is 0 Å². The normalized spacial score (nSPS) is 10.1. The van der Waals surface area contributed by atoms with E-state index < -0.39 is 15.5 Å². The molecule has 0 bridgehead atoms. The largest absolute Gasteiger partial charge is 0.350 e. The van der Waals surface area contributed by atoms with Gasteiger partial charge in [0.1, 0.15) is 5.69 Å². The van der Waals surface area contributed by atoms with Crippen LogP contribution >= 0.6 is 0 Å². The van der Waals surface area contributed by atoms with Gasteiger partial charge in [-0.1, -0.05) is 6.07 Å². The smallest absolute Gasteiger partial charge is 0.299 e. The van der Waals surface area contributed by atoms with Gasteiger partial charge in [-0.15, -0.1) is 0 Å². The van der Waals surface area contributed by atoms with E-state index in [9.17, 15) is 25.0 Å². The van der Waals surface area contributed by atoms with E-state index in [0.29, 0.717) is 11.4 Å². The molecule has 2 aromatic carbocycles. The fourth-order valence-electron chi connectivity index (χ4n) is 2.07. The lowest BCUT2D eigenvalue weighted by Crippen LogP contribution is -2.07. The summed E-state index contributed by atoms with van der Waals surface area (Å²) in [4.78, 5) is 31.7. The molecule has 0 radical (unpaired) electrons. The maximum absolute atomic E-state index is 11.2. The first-order chi connectivity index (χ1) is 11.3. The summed E-state index contributed by atoms with van der Waals surface area (Å²) in [6, 6.07) is 8.40.